The molecule has 0 radical (unpaired) electrons. The summed E-state index contributed by atoms with van der Waals surface area (Å²) in [5.74, 6) is -0.483. The van der Waals surface area contributed by atoms with E-state index in [9.17, 15) is 18.0 Å². The largest absolute Gasteiger partial charge is 0.465 e. The minimum Gasteiger partial charge on any atom is -0.465 e. The predicted octanol–water partition coefficient (Wildman–Crippen LogP) is 3.70. The molecule has 1 aliphatic heterocycles. The summed E-state index contributed by atoms with van der Waals surface area (Å²) in [6.45, 7) is 5.95. The van der Waals surface area contributed by atoms with Crippen LogP contribution in [0.25, 0.3) is 0 Å². The van der Waals surface area contributed by atoms with E-state index in [0.29, 0.717) is 40.6 Å². The van der Waals surface area contributed by atoms with Crippen LogP contribution in [0, 0.1) is 5.92 Å². The molecule has 1 unspecified atom stereocenters. The van der Waals surface area contributed by atoms with Crippen molar-refractivity contribution in [3.63, 3.8) is 0 Å². The predicted molar refractivity (Wildman–Crippen MR) is 119 cm³/mol. The number of anilines is 2. The van der Waals surface area contributed by atoms with Crippen LogP contribution >= 0.6 is 11.3 Å². The van der Waals surface area contributed by atoms with Crippen molar-refractivity contribution < 1.29 is 22.7 Å². The van der Waals surface area contributed by atoms with E-state index in [0.717, 1.165) is 11.1 Å². The Morgan fingerprint density at radius 2 is 2.03 bits per heavy atom. The van der Waals surface area contributed by atoms with Gasteiger partial charge in [0.2, 0.25) is 10.0 Å². The summed E-state index contributed by atoms with van der Waals surface area (Å²) in [6, 6.07) is 4.78. The number of rotatable bonds is 6. The van der Waals surface area contributed by atoms with E-state index >= 15 is 0 Å². The molecular formula is C21H26N2O5S2. The number of ether oxygens (including phenoxy) is 1. The lowest BCUT2D eigenvalue weighted by Crippen LogP contribution is -2.34. The smallest absolute Gasteiger partial charge is 0.341 e. The van der Waals surface area contributed by atoms with Crippen LogP contribution in [-0.2, 0) is 27.6 Å². The number of benzene rings is 1. The first-order valence-corrected chi connectivity index (χ1v) is 12.4. The molecule has 0 saturated heterocycles. The molecule has 0 bridgehead atoms. The van der Waals surface area contributed by atoms with Gasteiger partial charge in [-0.3, -0.25) is 9.10 Å². The fraction of sp³-hybridized carbons (Fsp3) is 0.429. The number of thiophene rings is 1. The lowest BCUT2D eigenvalue weighted by atomic mass is 10.0. The number of hydrogen-bond acceptors (Lipinski definition) is 6. The number of nitrogens with one attached hydrogen (secondary N) is 1. The highest BCUT2D eigenvalue weighted by Gasteiger charge is 2.33. The standard InChI is InChI=1S/C21H26N2O5S2/c1-12(2)8-16-11-29-20(18(16)21(25)28-4)22-19(24)14-6-7-17-15(10-14)9-13(3)23(17)30(5,26)27/h6-7,10-13H,8-9H2,1-5H3,(H,22,24). The first-order chi connectivity index (χ1) is 14.0. The van der Waals surface area contributed by atoms with Gasteiger partial charge in [-0.25, -0.2) is 13.2 Å². The number of carbonyl (C=O) groups is 2. The van der Waals surface area contributed by atoms with Gasteiger partial charge in [0.15, 0.2) is 0 Å². The monoisotopic (exact) mass is 450 g/mol. The van der Waals surface area contributed by atoms with Gasteiger partial charge in [0.1, 0.15) is 5.00 Å². The third-order valence-electron chi connectivity index (χ3n) is 4.96. The second-order valence-corrected chi connectivity index (χ2v) is 10.7. The minimum absolute atomic E-state index is 0.199. The Hall–Kier alpha value is -2.39. The third-order valence-corrected chi connectivity index (χ3v) is 7.18. The van der Waals surface area contributed by atoms with Gasteiger partial charge < -0.3 is 10.1 Å². The zero-order chi connectivity index (χ0) is 22.2. The minimum atomic E-state index is -3.39. The Balaban J connectivity index is 1.89. The highest BCUT2D eigenvalue weighted by molar-refractivity contribution is 7.92. The van der Waals surface area contributed by atoms with E-state index in [2.05, 4.69) is 19.2 Å². The molecule has 1 aliphatic rings. The lowest BCUT2D eigenvalue weighted by Gasteiger charge is -2.21. The van der Waals surface area contributed by atoms with Gasteiger partial charge in [-0.05, 0) is 60.4 Å². The van der Waals surface area contributed by atoms with Crippen LogP contribution in [0.2, 0.25) is 0 Å². The number of nitrogens with zero attached hydrogens (tertiary/aromatic N) is 1. The number of methoxy groups -OCH3 is 1. The number of sulfonamides is 1. The molecule has 1 N–H and O–H groups in total. The van der Waals surface area contributed by atoms with Gasteiger partial charge >= 0.3 is 5.97 Å². The maximum absolute atomic E-state index is 12.9. The van der Waals surface area contributed by atoms with E-state index in [1.54, 1.807) is 18.2 Å². The lowest BCUT2D eigenvalue weighted by molar-refractivity contribution is 0.0601. The summed E-state index contributed by atoms with van der Waals surface area (Å²) in [6.07, 6.45) is 2.42. The Morgan fingerprint density at radius 3 is 2.63 bits per heavy atom. The molecule has 2 aromatic rings. The summed E-state index contributed by atoms with van der Waals surface area (Å²) < 4.78 is 30.5. The van der Waals surface area contributed by atoms with Gasteiger partial charge in [0, 0.05) is 11.6 Å². The zero-order valence-corrected chi connectivity index (χ0v) is 19.3. The molecule has 30 heavy (non-hydrogen) atoms. The second-order valence-electron chi connectivity index (χ2n) is 7.96. The van der Waals surface area contributed by atoms with Crippen molar-refractivity contribution in [2.45, 2.75) is 39.7 Å². The van der Waals surface area contributed by atoms with E-state index in [-0.39, 0.29) is 11.9 Å². The second kappa shape index (κ2) is 8.39. The summed E-state index contributed by atoms with van der Waals surface area (Å²) in [5.41, 5.74) is 3.06. The molecule has 1 aromatic heterocycles. The Kier molecular flexibility index (Phi) is 6.24. The van der Waals surface area contributed by atoms with Crippen molar-refractivity contribution in [1.82, 2.24) is 0 Å². The first kappa shape index (κ1) is 22.3. The molecular weight excluding hydrogens is 424 g/mol. The molecule has 1 atom stereocenters. The third kappa shape index (κ3) is 4.37. The van der Waals surface area contributed by atoms with Crippen LogP contribution in [0.1, 0.15) is 52.6 Å². The fourth-order valence-electron chi connectivity index (χ4n) is 3.83. The first-order valence-electron chi connectivity index (χ1n) is 9.65. The molecule has 1 aromatic carbocycles. The zero-order valence-electron chi connectivity index (χ0n) is 17.7. The highest BCUT2D eigenvalue weighted by Crippen LogP contribution is 2.35. The van der Waals surface area contributed by atoms with Gasteiger partial charge in [0.25, 0.3) is 5.91 Å². The number of amides is 1. The molecule has 0 spiro atoms. The van der Waals surface area contributed by atoms with Gasteiger partial charge in [-0.1, -0.05) is 13.8 Å². The number of carbonyl (C=O) groups excluding carboxylic acids is 2. The average Bonchev–Trinajstić information content (AvgIpc) is 3.19. The van der Waals surface area contributed by atoms with Crippen LogP contribution in [-0.4, -0.2) is 39.7 Å². The summed E-state index contributed by atoms with van der Waals surface area (Å²) in [7, 11) is -2.07. The van der Waals surface area contributed by atoms with Crippen LogP contribution in [0.15, 0.2) is 23.6 Å². The topological polar surface area (TPSA) is 92.8 Å². The average molecular weight is 451 g/mol. The molecule has 9 heteroatoms. The van der Waals surface area contributed by atoms with Crippen molar-refractivity contribution in [1.29, 1.82) is 0 Å². The van der Waals surface area contributed by atoms with E-state index in [1.807, 2.05) is 12.3 Å². The Morgan fingerprint density at radius 1 is 1.33 bits per heavy atom. The van der Waals surface area contributed by atoms with Gasteiger partial charge in [-0.15, -0.1) is 11.3 Å². The van der Waals surface area contributed by atoms with Crippen LogP contribution < -0.4 is 9.62 Å². The number of hydrogen-bond donors (Lipinski definition) is 1. The van der Waals surface area contributed by atoms with E-state index < -0.39 is 16.0 Å². The van der Waals surface area contributed by atoms with Crippen LogP contribution in [0.3, 0.4) is 0 Å². The van der Waals surface area contributed by atoms with E-state index in [1.165, 1.54) is 29.0 Å². The Labute approximate surface area is 181 Å². The van der Waals surface area contributed by atoms with Crippen molar-refractivity contribution in [3.8, 4) is 0 Å². The summed E-state index contributed by atoms with van der Waals surface area (Å²) >= 11 is 1.29. The van der Waals surface area contributed by atoms with Crippen molar-refractivity contribution >= 4 is 43.9 Å². The molecule has 0 aliphatic carbocycles. The quantitative estimate of drug-likeness (QED) is 0.678. The van der Waals surface area contributed by atoms with Crippen molar-refractivity contribution in [2.24, 2.45) is 5.92 Å². The normalized spacial score (nSPS) is 15.9. The molecule has 2 heterocycles. The van der Waals surface area contributed by atoms with Gasteiger partial charge in [-0.2, -0.15) is 0 Å². The number of fused-ring (bicyclic) bond motifs is 1. The fourth-order valence-corrected chi connectivity index (χ4v) is 6.05. The SMILES string of the molecule is COC(=O)c1c(CC(C)C)csc1NC(=O)c1ccc2c(c1)CC(C)N2S(C)(=O)=O. The highest BCUT2D eigenvalue weighted by atomic mass is 32.2. The van der Waals surface area contributed by atoms with Gasteiger partial charge in [0.05, 0.1) is 24.6 Å². The van der Waals surface area contributed by atoms with Crippen molar-refractivity contribution in [3.05, 3.63) is 45.8 Å². The molecule has 0 fully saturated rings. The van der Waals surface area contributed by atoms with Crippen molar-refractivity contribution in [2.75, 3.05) is 23.0 Å². The molecule has 7 nitrogen and oxygen atoms in total. The molecule has 0 saturated carbocycles. The number of esters is 1. The molecule has 3 rings (SSSR count). The maximum Gasteiger partial charge on any atom is 0.341 e. The maximum atomic E-state index is 12.9. The van der Waals surface area contributed by atoms with E-state index in [4.69, 9.17) is 4.74 Å². The Bertz CT molecular complexity index is 1090. The van der Waals surface area contributed by atoms with Crippen LogP contribution in [0.4, 0.5) is 10.7 Å². The molecule has 162 valence electrons. The summed E-state index contributed by atoms with van der Waals surface area (Å²) in [4.78, 5) is 25.2. The summed E-state index contributed by atoms with van der Waals surface area (Å²) in [5, 5.41) is 5.15. The van der Waals surface area contributed by atoms with Crippen LogP contribution in [0.5, 0.6) is 0 Å². The molecule has 1 amide bonds.